The van der Waals surface area contributed by atoms with Crippen molar-refractivity contribution >= 4 is 43.6 Å². The summed E-state index contributed by atoms with van der Waals surface area (Å²) in [4.78, 5) is 0. The van der Waals surface area contributed by atoms with Crippen molar-refractivity contribution in [3.05, 3.63) is 265 Å². The molecule has 2 nitrogen and oxygen atoms in total. The monoisotopic (exact) mass is 800 g/mol. The molecule has 0 amide bonds. The lowest BCUT2D eigenvalue weighted by Gasteiger charge is -2.34. The maximum atomic E-state index is 2.49. The van der Waals surface area contributed by atoms with Crippen molar-refractivity contribution in [2.75, 3.05) is 0 Å². The van der Waals surface area contributed by atoms with Crippen LogP contribution in [0.15, 0.2) is 243 Å². The zero-order chi connectivity index (χ0) is 41.5. The highest BCUT2D eigenvalue weighted by Gasteiger charge is 2.46. The second kappa shape index (κ2) is 13.9. The molecule has 0 radical (unpaired) electrons. The van der Waals surface area contributed by atoms with Gasteiger partial charge in [0.15, 0.2) is 0 Å². The molecule has 2 aromatic heterocycles. The van der Waals surface area contributed by atoms with Gasteiger partial charge in [0.1, 0.15) is 0 Å². The molecule has 12 aromatic rings. The van der Waals surface area contributed by atoms with Gasteiger partial charge in [-0.25, -0.2) is 0 Å². The molecule has 2 heteroatoms. The van der Waals surface area contributed by atoms with Gasteiger partial charge in [-0.2, -0.15) is 0 Å². The number of rotatable bonds is 6. The van der Waals surface area contributed by atoms with E-state index in [9.17, 15) is 0 Å². The summed E-state index contributed by atoms with van der Waals surface area (Å²) in [6.45, 7) is 0. The largest absolute Gasteiger partial charge is 0.309 e. The number of nitrogens with zero attached hydrogens (tertiary/aromatic N) is 2. The maximum Gasteiger partial charge on any atom is 0.0713 e. The Bertz CT molecular complexity index is 3660. The molecule has 10 aromatic carbocycles. The number of benzene rings is 10. The molecule has 0 saturated carbocycles. The van der Waals surface area contributed by atoms with Gasteiger partial charge in [0.25, 0.3) is 0 Å². The zero-order valence-electron chi connectivity index (χ0n) is 34.5. The van der Waals surface area contributed by atoms with Crippen molar-refractivity contribution < 1.29 is 0 Å². The summed E-state index contributed by atoms with van der Waals surface area (Å²) < 4.78 is 4.88. The molecule has 1 aliphatic rings. The first-order chi connectivity index (χ1) is 31.3. The van der Waals surface area contributed by atoms with E-state index in [4.69, 9.17) is 0 Å². The summed E-state index contributed by atoms with van der Waals surface area (Å²) in [5.74, 6) is 0. The van der Waals surface area contributed by atoms with Crippen molar-refractivity contribution in [3.8, 4) is 44.8 Å². The van der Waals surface area contributed by atoms with Gasteiger partial charge < -0.3 is 9.13 Å². The smallest absolute Gasteiger partial charge is 0.0713 e. The van der Waals surface area contributed by atoms with Gasteiger partial charge in [-0.1, -0.05) is 188 Å². The topological polar surface area (TPSA) is 9.86 Å². The van der Waals surface area contributed by atoms with Crippen molar-refractivity contribution in [3.63, 3.8) is 0 Å². The van der Waals surface area contributed by atoms with E-state index in [-0.39, 0.29) is 0 Å². The number of fused-ring (bicyclic) bond motifs is 9. The minimum absolute atomic E-state index is 0.477. The first-order valence-corrected chi connectivity index (χ1v) is 21.8. The van der Waals surface area contributed by atoms with E-state index in [2.05, 4.69) is 252 Å². The quantitative estimate of drug-likeness (QED) is 0.159. The van der Waals surface area contributed by atoms with Crippen molar-refractivity contribution in [2.24, 2.45) is 0 Å². The Hall–Kier alpha value is -8.20. The third kappa shape index (κ3) is 5.19. The van der Waals surface area contributed by atoms with Crippen LogP contribution >= 0.6 is 0 Å². The Labute approximate surface area is 366 Å². The SMILES string of the molecule is c1ccc(-c2ccc(-n3c4ccccc4c4c(-c5ccc6c7cc(C8(c9ccccc9)c9ccccc9-c9ccccc98)ccc7n(-c7ccccc7)c6c5)cccc43)cc2)cc1. The Morgan fingerprint density at radius 1 is 0.270 bits per heavy atom. The van der Waals surface area contributed by atoms with Gasteiger partial charge in [0.05, 0.1) is 27.5 Å². The summed E-state index contributed by atoms with van der Waals surface area (Å²) in [5, 5.41) is 4.97. The van der Waals surface area contributed by atoms with E-state index in [1.165, 1.54) is 99.2 Å². The molecule has 0 N–H and O–H groups in total. The average molecular weight is 801 g/mol. The van der Waals surface area contributed by atoms with Crippen LogP contribution in [0.5, 0.6) is 0 Å². The standard InChI is InChI=1S/C61H40N2/c1-4-17-41(18-5-1)42-31-35-47(36-32-42)62-56-29-15-12-25-52(56)60-48(26-16-30-58(60)62)43-33-37-51-53-40-45(34-38-57(53)63(59(51)39-43)46-21-8-3-9-22-46)61(44-19-6-2-7-20-44)54-27-13-10-23-49(54)50-24-11-14-28-55(50)61/h1-40H. The molecular weight excluding hydrogens is 761 g/mol. The van der Waals surface area contributed by atoms with E-state index in [0.717, 1.165) is 11.4 Å². The molecular formula is C61H40N2. The fraction of sp³-hybridized carbons (Fsp3) is 0.0164. The van der Waals surface area contributed by atoms with Crippen LogP contribution in [0.25, 0.3) is 88.4 Å². The molecule has 294 valence electrons. The summed E-state index contributed by atoms with van der Waals surface area (Å²) in [6.07, 6.45) is 0. The molecule has 0 saturated heterocycles. The molecule has 0 fully saturated rings. The molecule has 0 atom stereocenters. The average Bonchev–Trinajstić information content (AvgIpc) is 3.99. The highest BCUT2D eigenvalue weighted by molar-refractivity contribution is 6.17. The summed E-state index contributed by atoms with van der Waals surface area (Å²) in [5.41, 5.74) is 19.2. The lowest BCUT2D eigenvalue weighted by molar-refractivity contribution is 0.770. The van der Waals surface area contributed by atoms with Gasteiger partial charge in [-0.15, -0.1) is 0 Å². The second-order valence-corrected chi connectivity index (χ2v) is 16.8. The number of hydrogen-bond donors (Lipinski definition) is 0. The van der Waals surface area contributed by atoms with E-state index >= 15 is 0 Å². The second-order valence-electron chi connectivity index (χ2n) is 16.8. The Kier molecular flexibility index (Phi) is 7.85. The van der Waals surface area contributed by atoms with Crippen molar-refractivity contribution in [1.82, 2.24) is 9.13 Å². The third-order valence-electron chi connectivity index (χ3n) is 13.6. The number of aromatic nitrogens is 2. The van der Waals surface area contributed by atoms with Crippen LogP contribution in [-0.2, 0) is 5.41 Å². The van der Waals surface area contributed by atoms with Crippen LogP contribution in [0.2, 0.25) is 0 Å². The molecule has 63 heavy (non-hydrogen) atoms. The Balaban J connectivity index is 1.04. The van der Waals surface area contributed by atoms with Crippen LogP contribution in [0.1, 0.15) is 22.3 Å². The summed E-state index contributed by atoms with van der Waals surface area (Å²) in [6, 6.07) is 89.5. The molecule has 2 heterocycles. The lowest BCUT2D eigenvalue weighted by Crippen LogP contribution is -2.28. The van der Waals surface area contributed by atoms with Crippen LogP contribution in [0, 0.1) is 0 Å². The van der Waals surface area contributed by atoms with Crippen LogP contribution in [0.3, 0.4) is 0 Å². The highest BCUT2D eigenvalue weighted by Crippen LogP contribution is 2.56. The van der Waals surface area contributed by atoms with Gasteiger partial charge in [-0.05, 0) is 110 Å². The molecule has 13 rings (SSSR count). The molecule has 0 aliphatic heterocycles. The lowest BCUT2D eigenvalue weighted by atomic mass is 9.67. The number of para-hydroxylation sites is 2. The predicted molar refractivity (Wildman–Crippen MR) is 263 cm³/mol. The predicted octanol–water partition coefficient (Wildman–Crippen LogP) is 15.6. The Morgan fingerprint density at radius 3 is 1.56 bits per heavy atom. The van der Waals surface area contributed by atoms with Gasteiger partial charge in [0, 0.05) is 32.9 Å². The van der Waals surface area contributed by atoms with Crippen LogP contribution in [-0.4, -0.2) is 9.13 Å². The minimum Gasteiger partial charge on any atom is -0.309 e. The fourth-order valence-electron chi connectivity index (χ4n) is 11.0. The zero-order valence-corrected chi connectivity index (χ0v) is 34.5. The first kappa shape index (κ1) is 35.5. The van der Waals surface area contributed by atoms with Gasteiger partial charge >= 0.3 is 0 Å². The fourth-order valence-corrected chi connectivity index (χ4v) is 11.0. The molecule has 0 bridgehead atoms. The van der Waals surface area contributed by atoms with Crippen LogP contribution < -0.4 is 0 Å². The van der Waals surface area contributed by atoms with E-state index in [1.54, 1.807) is 0 Å². The van der Waals surface area contributed by atoms with E-state index in [0.29, 0.717) is 0 Å². The highest BCUT2D eigenvalue weighted by atomic mass is 15.0. The summed E-state index contributed by atoms with van der Waals surface area (Å²) in [7, 11) is 0. The molecule has 0 unspecified atom stereocenters. The first-order valence-electron chi connectivity index (χ1n) is 21.8. The number of hydrogen-bond acceptors (Lipinski definition) is 0. The minimum atomic E-state index is -0.477. The van der Waals surface area contributed by atoms with Crippen molar-refractivity contribution in [1.29, 1.82) is 0 Å². The molecule has 0 spiro atoms. The summed E-state index contributed by atoms with van der Waals surface area (Å²) >= 11 is 0. The third-order valence-corrected chi connectivity index (χ3v) is 13.6. The van der Waals surface area contributed by atoms with Gasteiger partial charge in [-0.3, -0.25) is 0 Å². The molecule has 1 aliphatic carbocycles. The normalized spacial score (nSPS) is 12.9. The maximum absolute atomic E-state index is 2.49. The van der Waals surface area contributed by atoms with Gasteiger partial charge in [0.2, 0.25) is 0 Å². The van der Waals surface area contributed by atoms with E-state index in [1.807, 2.05) is 0 Å². The van der Waals surface area contributed by atoms with Crippen LogP contribution in [0.4, 0.5) is 0 Å². The van der Waals surface area contributed by atoms with Crippen molar-refractivity contribution in [2.45, 2.75) is 5.41 Å². The Morgan fingerprint density at radius 2 is 0.810 bits per heavy atom. The van der Waals surface area contributed by atoms with E-state index < -0.39 is 5.41 Å².